The lowest BCUT2D eigenvalue weighted by molar-refractivity contribution is -0.387. The van der Waals surface area contributed by atoms with Gasteiger partial charge in [0.05, 0.1) is 25.3 Å². The fourth-order valence-corrected chi connectivity index (χ4v) is 2.87. The fourth-order valence-electron chi connectivity index (χ4n) is 1.40. The maximum atomic E-state index is 13.3. The number of para-hydroxylation sites is 1. The molecule has 0 aromatic heterocycles. The van der Waals surface area contributed by atoms with Crippen LogP contribution < -0.4 is 0 Å². The highest BCUT2D eigenvalue weighted by atomic mass is 79.9. The Kier molecular flexibility index (Phi) is 4.06. The zero-order valence-corrected chi connectivity index (χ0v) is 11.7. The van der Waals surface area contributed by atoms with Gasteiger partial charge >= 0.3 is 0 Å². The highest BCUT2D eigenvalue weighted by molar-refractivity contribution is 9.10. The van der Waals surface area contributed by atoms with E-state index in [9.17, 15) is 19.6 Å². The molecule has 19 heavy (non-hydrogen) atoms. The fraction of sp³-hybridized carbons (Fsp3) is 0. The number of hydrogen-bond donors (Lipinski definition) is 1. The molecule has 4 nitrogen and oxygen atoms in total. The summed E-state index contributed by atoms with van der Waals surface area (Å²) in [6.45, 7) is 0. The molecule has 2 rings (SSSR count). The van der Waals surface area contributed by atoms with Crippen molar-refractivity contribution in [3.8, 4) is 5.75 Å². The Balaban J connectivity index is 2.48. The lowest BCUT2D eigenvalue weighted by atomic mass is 10.3. The molecule has 0 saturated heterocycles. The van der Waals surface area contributed by atoms with Gasteiger partial charge in [-0.05, 0) is 34.1 Å². The number of benzene rings is 2. The molecule has 0 spiro atoms. The molecule has 0 aliphatic heterocycles. The minimum absolute atomic E-state index is 0.0160. The summed E-state index contributed by atoms with van der Waals surface area (Å²) in [6.07, 6.45) is 0. The van der Waals surface area contributed by atoms with E-state index in [2.05, 4.69) is 15.9 Å². The van der Waals surface area contributed by atoms with Crippen molar-refractivity contribution >= 4 is 33.4 Å². The van der Waals surface area contributed by atoms with Crippen molar-refractivity contribution in [3.05, 3.63) is 56.8 Å². The monoisotopic (exact) mass is 343 g/mol. The van der Waals surface area contributed by atoms with Crippen LogP contribution in [0.3, 0.4) is 0 Å². The maximum Gasteiger partial charge on any atom is 0.286 e. The third-order valence-electron chi connectivity index (χ3n) is 2.28. The zero-order valence-electron chi connectivity index (χ0n) is 9.34. The summed E-state index contributed by atoms with van der Waals surface area (Å²) in [5, 5.41) is 20.6. The van der Waals surface area contributed by atoms with Crippen molar-refractivity contribution in [2.75, 3.05) is 0 Å². The highest BCUT2D eigenvalue weighted by Gasteiger charge is 2.19. The molecule has 7 heteroatoms. The summed E-state index contributed by atoms with van der Waals surface area (Å²) in [4.78, 5) is 11.0. The summed E-state index contributed by atoms with van der Waals surface area (Å²) < 4.78 is 13.5. The number of nitro groups is 1. The molecule has 0 fully saturated rings. The lowest BCUT2D eigenvalue weighted by Crippen LogP contribution is -1.93. The van der Waals surface area contributed by atoms with E-state index >= 15 is 0 Å². The Labute approximate surface area is 120 Å². The second kappa shape index (κ2) is 5.58. The number of phenols is 1. The summed E-state index contributed by atoms with van der Waals surface area (Å²) >= 11 is 3.99. The first-order valence-corrected chi connectivity index (χ1v) is 6.69. The number of rotatable bonds is 3. The van der Waals surface area contributed by atoms with Crippen LogP contribution in [0.5, 0.6) is 5.75 Å². The summed E-state index contributed by atoms with van der Waals surface area (Å²) in [7, 11) is 0. The molecule has 0 bridgehead atoms. The third-order valence-corrected chi connectivity index (χ3v) is 4.00. The van der Waals surface area contributed by atoms with Gasteiger partial charge in [-0.2, -0.15) is 0 Å². The van der Waals surface area contributed by atoms with E-state index in [1.54, 1.807) is 18.2 Å². The molecule has 0 atom stereocenters. The minimum Gasteiger partial charge on any atom is -0.507 e. The van der Waals surface area contributed by atoms with Gasteiger partial charge in [-0.3, -0.25) is 10.1 Å². The first-order chi connectivity index (χ1) is 8.99. The van der Waals surface area contributed by atoms with Gasteiger partial charge in [0.2, 0.25) is 0 Å². The van der Waals surface area contributed by atoms with Gasteiger partial charge in [-0.25, -0.2) is 4.39 Å². The highest BCUT2D eigenvalue weighted by Crippen LogP contribution is 2.40. The van der Waals surface area contributed by atoms with Crippen molar-refractivity contribution in [2.45, 2.75) is 9.79 Å². The molecule has 0 aliphatic rings. The standard InChI is InChI=1S/C12H7BrFNO3S/c13-7-5-12(9(15(17)18)6-8(7)14)19-11-4-2-1-3-10(11)16/h1-6,16H. The molecule has 0 aliphatic carbocycles. The zero-order chi connectivity index (χ0) is 14.0. The summed E-state index contributed by atoms with van der Waals surface area (Å²) in [6, 6.07) is 8.63. The summed E-state index contributed by atoms with van der Waals surface area (Å²) in [5.74, 6) is -0.685. The van der Waals surface area contributed by atoms with E-state index in [4.69, 9.17) is 0 Å². The van der Waals surface area contributed by atoms with E-state index in [-0.39, 0.29) is 20.8 Å². The number of halogens is 2. The molecule has 0 heterocycles. The van der Waals surface area contributed by atoms with Crippen molar-refractivity contribution in [1.82, 2.24) is 0 Å². The number of nitro benzene ring substituents is 1. The van der Waals surface area contributed by atoms with E-state index in [1.807, 2.05) is 0 Å². The van der Waals surface area contributed by atoms with Crippen molar-refractivity contribution in [3.63, 3.8) is 0 Å². The third kappa shape index (κ3) is 3.05. The van der Waals surface area contributed by atoms with Gasteiger partial charge in [0, 0.05) is 0 Å². The smallest absolute Gasteiger partial charge is 0.286 e. The molecule has 0 saturated carbocycles. The molecule has 98 valence electrons. The first-order valence-electron chi connectivity index (χ1n) is 5.08. The Morgan fingerprint density at radius 3 is 2.58 bits per heavy atom. The summed E-state index contributed by atoms with van der Waals surface area (Å²) in [5.41, 5.74) is -0.339. The average molecular weight is 344 g/mol. The average Bonchev–Trinajstić information content (AvgIpc) is 2.36. The Hall–Kier alpha value is -1.60. The number of nitrogens with zero attached hydrogens (tertiary/aromatic N) is 1. The molecule has 2 aromatic carbocycles. The second-order valence-corrected chi connectivity index (χ2v) is 5.50. The topological polar surface area (TPSA) is 63.4 Å². The molecule has 1 N–H and O–H groups in total. The van der Waals surface area contributed by atoms with Gasteiger partial charge in [0.1, 0.15) is 11.6 Å². The normalized spacial score (nSPS) is 10.4. The van der Waals surface area contributed by atoms with Crippen LogP contribution in [-0.4, -0.2) is 10.0 Å². The number of phenolic OH excluding ortho intramolecular Hbond substituents is 1. The van der Waals surface area contributed by atoms with E-state index in [1.165, 1.54) is 12.1 Å². The van der Waals surface area contributed by atoms with Gasteiger partial charge in [-0.1, -0.05) is 23.9 Å². The molecule has 0 radical (unpaired) electrons. The SMILES string of the molecule is O=[N+]([O-])c1cc(F)c(Br)cc1Sc1ccccc1O. The molecular formula is C12H7BrFNO3S. The second-order valence-electron chi connectivity index (χ2n) is 3.56. The maximum absolute atomic E-state index is 13.3. The Bertz CT molecular complexity index is 651. The molecule has 2 aromatic rings. The van der Waals surface area contributed by atoms with E-state index < -0.39 is 10.7 Å². The van der Waals surface area contributed by atoms with Crippen LogP contribution >= 0.6 is 27.7 Å². The van der Waals surface area contributed by atoms with Crippen LogP contribution in [-0.2, 0) is 0 Å². The van der Waals surface area contributed by atoms with Gasteiger partial charge in [0.25, 0.3) is 5.69 Å². The van der Waals surface area contributed by atoms with Crippen molar-refractivity contribution in [1.29, 1.82) is 0 Å². The number of hydrogen-bond acceptors (Lipinski definition) is 4. The van der Waals surface area contributed by atoms with Gasteiger partial charge < -0.3 is 5.11 Å². The van der Waals surface area contributed by atoms with Crippen molar-refractivity contribution in [2.24, 2.45) is 0 Å². The van der Waals surface area contributed by atoms with Gasteiger partial charge in [-0.15, -0.1) is 0 Å². The van der Waals surface area contributed by atoms with Crippen LogP contribution in [0.2, 0.25) is 0 Å². The minimum atomic E-state index is -0.701. The Morgan fingerprint density at radius 1 is 1.26 bits per heavy atom. The lowest BCUT2D eigenvalue weighted by Gasteiger charge is -2.06. The van der Waals surface area contributed by atoms with Crippen LogP contribution in [0.4, 0.5) is 10.1 Å². The molecule has 0 amide bonds. The van der Waals surface area contributed by atoms with E-state index in [0.717, 1.165) is 17.8 Å². The first kappa shape index (κ1) is 13.8. The van der Waals surface area contributed by atoms with Crippen molar-refractivity contribution < 1.29 is 14.4 Å². The quantitative estimate of drug-likeness (QED) is 0.664. The predicted molar refractivity (Wildman–Crippen MR) is 73.0 cm³/mol. The molecule has 0 unspecified atom stereocenters. The largest absolute Gasteiger partial charge is 0.507 e. The predicted octanol–water partition coefficient (Wildman–Crippen LogP) is 4.35. The Morgan fingerprint density at radius 2 is 1.95 bits per heavy atom. The van der Waals surface area contributed by atoms with Crippen LogP contribution in [0, 0.1) is 15.9 Å². The van der Waals surface area contributed by atoms with Crippen LogP contribution in [0.15, 0.2) is 50.7 Å². The van der Waals surface area contributed by atoms with E-state index in [0.29, 0.717) is 4.90 Å². The van der Waals surface area contributed by atoms with Crippen LogP contribution in [0.25, 0.3) is 0 Å². The van der Waals surface area contributed by atoms with Gasteiger partial charge in [0.15, 0.2) is 0 Å². The molecular weight excluding hydrogens is 337 g/mol. The number of aromatic hydroxyl groups is 1. The van der Waals surface area contributed by atoms with Crippen LogP contribution in [0.1, 0.15) is 0 Å².